The third kappa shape index (κ3) is 4.10. The van der Waals surface area contributed by atoms with Crippen molar-refractivity contribution in [3.05, 3.63) is 16.0 Å². The minimum Gasteiger partial charge on any atom is -0.465 e. The summed E-state index contributed by atoms with van der Waals surface area (Å²) >= 11 is 0.705. The van der Waals surface area contributed by atoms with Crippen molar-refractivity contribution >= 4 is 39.2 Å². The van der Waals surface area contributed by atoms with Gasteiger partial charge in [0.05, 0.1) is 19.8 Å². The molecule has 0 bridgehead atoms. The molecule has 0 N–H and O–H groups in total. The number of carbonyl (C=O) groups is 3. The molecule has 1 saturated carbocycles. The van der Waals surface area contributed by atoms with Crippen LogP contribution in [0.5, 0.6) is 0 Å². The van der Waals surface area contributed by atoms with E-state index in [-0.39, 0.29) is 45.1 Å². The molecule has 1 aromatic rings. The number of nitrogens with zero attached hydrogens (tertiary/aromatic N) is 2. The SMILES string of the molecule is COC(=O)c1sc(S(=O)(=O)N2CCN(C(=O)C3CCCC3)CC2)c(C(=O)OC)c1C. The topological polar surface area (TPSA) is 110 Å². The zero-order valence-corrected chi connectivity index (χ0v) is 18.9. The van der Waals surface area contributed by atoms with E-state index in [1.165, 1.54) is 18.3 Å². The Bertz CT molecular complexity index is 940. The molecule has 166 valence electrons. The molecule has 0 unspecified atom stereocenters. The van der Waals surface area contributed by atoms with Crippen LogP contribution in [0.3, 0.4) is 0 Å². The number of ether oxygens (including phenoxy) is 2. The van der Waals surface area contributed by atoms with Crippen LogP contribution >= 0.6 is 11.3 Å². The molecule has 2 aliphatic rings. The normalized spacial score (nSPS) is 18.4. The highest BCUT2D eigenvalue weighted by molar-refractivity contribution is 7.91. The third-order valence-corrected chi connectivity index (χ3v) is 9.37. The number of hydrogen-bond donors (Lipinski definition) is 0. The van der Waals surface area contributed by atoms with E-state index in [1.54, 1.807) is 4.90 Å². The average Bonchev–Trinajstić information content (AvgIpc) is 3.40. The van der Waals surface area contributed by atoms with Crippen molar-refractivity contribution in [3.8, 4) is 0 Å². The molecule has 11 heteroatoms. The van der Waals surface area contributed by atoms with Crippen molar-refractivity contribution in [2.75, 3.05) is 40.4 Å². The summed E-state index contributed by atoms with van der Waals surface area (Å²) in [5.74, 6) is -1.40. The third-order valence-electron chi connectivity index (χ3n) is 5.70. The Kier molecular flexibility index (Phi) is 6.83. The van der Waals surface area contributed by atoms with Crippen LogP contribution < -0.4 is 0 Å². The van der Waals surface area contributed by atoms with Gasteiger partial charge in [-0.15, -0.1) is 11.3 Å². The molecule has 30 heavy (non-hydrogen) atoms. The number of rotatable bonds is 5. The molecule has 9 nitrogen and oxygen atoms in total. The monoisotopic (exact) mass is 458 g/mol. The highest BCUT2D eigenvalue weighted by Gasteiger charge is 2.38. The number of piperazine rings is 1. The number of thiophene rings is 1. The van der Waals surface area contributed by atoms with Crippen LogP contribution in [0.2, 0.25) is 0 Å². The summed E-state index contributed by atoms with van der Waals surface area (Å²) < 4.78 is 37.1. The van der Waals surface area contributed by atoms with Gasteiger partial charge in [-0.05, 0) is 25.3 Å². The first-order valence-electron chi connectivity index (χ1n) is 9.81. The minimum atomic E-state index is -4.05. The highest BCUT2D eigenvalue weighted by atomic mass is 32.2. The van der Waals surface area contributed by atoms with Gasteiger partial charge in [0.15, 0.2) is 4.21 Å². The molecule has 3 rings (SSSR count). The van der Waals surface area contributed by atoms with Gasteiger partial charge in [-0.1, -0.05) is 12.8 Å². The van der Waals surface area contributed by atoms with Crippen molar-refractivity contribution in [1.29, 1.82) is 0 Å². The summed E-state index contributed by atoms with van der Waals surface area (Å²) in [7, 11) is -1.71. The zero-order valence-electron chi connectivity index (χ0n) is 17.3. The number of hydrogen-bond acceptors (Lipinski definition) is 8. The van der Waals surface area contributed by atoms with Gasteiger partial charge in [0.1, 0.15) is 4.88 Å². The van der Waals surface area contributed by atoms with Crippen molar-refractivity contribution < 1.29 is 32.3 Å². The van der Waals surface area contributed by atoms with Crippen LogP contribution in [0.15, 0.2) is 4.21 Å². The number of esters is 2. The summed E-state index contributed by atoms with van der Waals surface area (Å²) in [5, 5.41) is 0. The number of methoxy groups -OCH3 is 2. The fourth-order valence-electron chi connectivity index (χ4n) is 3.99. The van der Waals surface area contributed by atoms with E-state index < -0.39 is 22.0 Å². The predicted molar refractivity (Wildman–Crippen MR) is 109 cm³/mol. The van der Waals surface area contributed by atoms with Gasteiger partial charge in [0.25, 0.3) is 10.0 Å². The van der Waals surface area contributed by atoms with E-state index in [1.807, 2.05) is 0 Å². The molecule has 2 heterocycles. The molecule has 1 saturated heterocycles. The second-order valence-corrected chi connectivity index (χ2v) is 10.6. The van der Waals surface area contributed by atoms with Gasteiger partial charge in [-0.25, -0.2) is 18.0 Å². The van der Waals surface area contributed by atoms with E-state index >= 15 is 0 Å². The van der Waals surface area contributed by atoms with E-state index in [4.69, 9.17) is 9.47 Å². The summed E-state index contributed by atoms with van der Waals surface area (Å²) in [6.45, 7) is 2.36. The molecule has 0 atom stereocenters. The maximum absolute atomic E-state index is 13.3. The predicted octanol–water partition coefficient (Wildman–Crippen LogP) is 1.65. The largest absolute Gasteiger partial charge is 0.465 e. The zero-order chi connectivity index (χ0) is 22.1. The number of amides is 1. The smallest absolute Gasteiger partial charge is 0.348 e. The van der Waals surface area contributed by atoms with E-state index in [0.717, 1.165) is 32.8 Å². The summed E-state index contributed by atoms with van der Waals surface area (Å²) in [6.07, 6.45) is 3.90. The fourth-order valence-corrected chi connectivity index (χ4v) is 7.30. The Labute approximate surface area is 180 Å². The maximum atomic E-state index is 13.3. The summed E-state index contributed by atoms with van der Waals surface area (Å²) in [6, 6.07) is 0. The molecule has 1 aliphatic carbocycles. The van der Waals surface area contributed by atoms with Crippen LogP contribution in [0, 0.1) is 12.8 Å². The lowest BCUT2D eigenvalue weighted by Gasteiger charge is -2.35. The van der Waals surface area contributed by atoms with Gasteiger partial charge in [0.2, 0.25) is 5.91 Å². The minimum absolute atomic E-state index is 0.0432. The molecule has 1 aliphatic heterocycles. The standard InChI is InChI=1S/C19H26N2O7S2/c1-12-14(17(23)27-2)19(29-15(12)18(24)28-3)30(25,26)21-10-8-20(9-11-21)16(22)13-6-4-5-7-13/h13H,4-11H2,1-3H3. The fraction of sp³-hybridized carbons (Fsp3) is 0.632. The van der Waals surface area contributed by atoms with Gasteiger partial charge >= 0.3 is 11.9 Å². The van der Waals surface area contributed by atoms with Crippen LogP contribution in [-0.4, -0.2) is 75.9 Å². The first-order chi connectivity index (χ1) is 14.2. The van der Waals surface area contributed by atoms with Gasteiger partial charge in [0, 0.05) is 32.1 Å². The van der Waals surface area contributed by atoms with Crippen LogP contribution in [0.1, 0.15) is 51.3 Å². The van der Waals surface area contributed by atoms with Crippen molar-refractivity contribution in [3.63, 3.8) is 0 Å². The van der Waals surface area contributed by atoms with Gasteiger partial charge < -0.3 is 14.4 Å². The first-order valence-corrected chi connectivity index (χ1v) is 12.1. The van der Waals surface area contributed by atoms with Crippen molar-refractivity contribution in [1.82, 2.24) is 9.21 Å². The number of carbonyl (C=O) groups excluding carboxylic acids is 3. The molecular weight excluding hydrogens is 432 g/mol. The van der Waals surface area contributed by atoms with Crippen molar-refractivity contribution in [2.24, 2.45) is 5.92 Å². The Hall–Kier alpha value is -1.98. The second-order valence-electron chi connectivity index (χ2n) is 7.41. The summed E-state index contributed by atoms with van der Waals surface area (Å²) in [4.78, 5) is 38.7. The molecule has 0 spiro atoms. The molecule has 1 amide bonds. The Morgan fingerprint density at radius 3 is 2.07 bits per heavy atom. The quantitative estimate of drug-likeness (QED) is 0.617. The molecule has 0 radical (unpaired) electrons. The first kappa shape index (κ1) is 22.7. The van der Waals surface area contributed by atoms with Crippen molar-refractivity contribution in [2.45, 2.75) is 36.8 Å². The van der Waals surface area contributed by atoms with Gasteiger partial charge in [-0.2, -0.15) is 4.31 Å². The van der Waals surface area contributed by atoms with E-state index in [2.05, 4.69) is 0 Å². The van der Waals surface area contributed by atoms with E-state index in [0.29, 0.717) is 24.4 Å². The van der Waals surface area contributed by atoms with E-state index in [9.17, 15) is 22.8 Å². The average molecular weight is 459 g/mol. The Morgan fingerprint density at radius 1 is 0.967 bits per heavy atom. The lowest BCUT2D eigenvalue weighted by atomic mass is 10.1. The van der Waals surface area contributed by atoms with Crippen LogP contribution in [-0.2, 0) is 24.3 Å². The maximum Gasteiger partial charge on any atom is 0.348 e. The lowest BCUT2D eigenvalue weighted by molar-refractivity contribution is -0.136. The summed E-state index contributed by atoms with van der Waals surface area (Å²) in [5.41, 5.74) is 0.0692. The van der Waals surface area contributed by atoms with Crippen LogP contribution in [0.25, 0.3) is 0 Å². The molecule has 0 aromatic carbocycles. The van der Waals surface area contributed by atoms with Crippen LogP contribution in [0.4, 0.5) is 0 Å². The molecule has 1 aromatic heterocycles. The highest BCUT2D eigenvalue weighted by Crippen LogP contribution is 2.35. The second kappa shape index (κ2) is 9.03. The number of sulfonamides is 1. The molecule has 2 fully saturated rings. The van der Waals surface area contributed by atoms with Gasteiger partial charge in [-0.3, -0.25) is 4.79 Å². The Balaban J connectivity index is 1.84. The lowest BCUT2D eigenvalue weighted by Crippen LogP contribution is -2.51. The molecular formula is C19H26N2O7S2. The Morgan fingerprint density at radius 2 is 1.53 bits per heavy atom.